The van der Waals surface area contributed by atoms with Crippen molar-refractivity contribution in [3.05, 3.63) is 34.6 Å². The van der Waals surface area contributed by atoms with Crippen molar-refractivity contribution < 1.29 is 9.18 Å². The van der Waals surface area contributed by atoms with Crippen molar-refractivity contribution in [2.75, 3.05) is 26.2 Å². The van der Waals surface area contributed by atoms with Gasteiger partial charge in [-0.2, -0.15) is 0 Å². The molecular formula is C13H17FN2O. The van der Waals surface area contributed by atoms with Gasteiger partial charge in [-0.25, -0.2) is 4.39 Å². The summed E-state index contributed by atoms with van der Waals surface area (Å²) < 4.78 is 13.5. The Morgan fingerprint density at radius 2 is 2.12 bits per heavy atom. The maximum absolute atomic E-state index is 13.5. The van der Waals surface area contributed by atoms with Crippen molar-refractivity contribution in [2.24, 2.45) is 0 Å². The SMILES string of the molecule is Cc1cc(C=O)c(CN2CCNCC2)cc1F. The van der Waals surface area contributed by atoms with Crippen LogP contribution in [0.25, 0.3) is 0 Å². The number of piperazine rings is 1. The number of carbonyl (C=O) groups is 1. The van der Waals surface area contributed by atoms with E-state index in [9.17, 15) is 9.18 Å². The number of hydrogen-bond donors (Lipinski definition) is 1. The smallest absolute Gasteiger partial charge is 0.150 e. The molecule has 1 aliphatic rings. The summed E-state index contributed by atoms with van der Waals surface area (Å²) in [5.74, 6) is -0.235. The van der Waals surface area contributed by atoms with Crippen LogP contribution in [0.2, 0.25) is 0 Å². The lowest BCUT2D eigenvalue weighted by molar-refractivity contribution is 0.112. The minimum absolute atomic E-state index is 0.235. The molecule has 1 aromatic rings. The molecule has 3 nitrogen and oxygen atoms in total. The molecular weight excluding hydrogens is 219 g/mol. The third-order valence-corrected chi connectivity index (χ3v) is 3.15. The third-order valence-electron chi connectivity index (χ3n) is 3.15. The summed E-state index contributed by atoms with van der Waals surface area (Å²) >= 11 is 0. The molecule has 0 aliphatic carbocycles. The largest absolute Gasteiger partial charge is 0.314 e. The van der Waals surface area contributed by atoms with Gasteiger partial charge in [0, 0.05) is 38.3 Å². The van der Waals surface area contributed by atoms with Gasteiger partial charge >= 0.3 is 0 Å². The lowest BCUT2D eigenvalue weighted by Crippen LogP contribution is -2.43. The molecule has 0 unspecified atom stereocenters. The second-order valence-electron chi connectivity index (χ2n) is 4.44. The van der Waals surface area contributed by atoms with Crippen LogP contribution in [0.3, 0.4) is 0 Å². The summed E-state index contributed by atoms with van der Waals surface area (Å²) in [5, 5.41) is 3.26. The average molecular weight is 236 g/mol. The number of hydrogen-bond acceptors (Lipinski definition) is 3. The van der Waals surface area contributed by atoms with E-state index in [1.807, 2.05) is 0 Å². The minimum atomic E-state index is -0.235. The van der Waals surface area contributed by atoms with Crippen molar-refractivity contribution in [3.63, 3.8) is 0 Å². The second-order valence-corrected chi connectivity index (χ2v) is 4.44. The molecule has 0 spiro atoms. The van der Waals surface area contributed by atoms with Gasteiger partial charge in [-0.1, -0.05) is 0 Å². The first kappa shape index (κ1) is 12.2. The zero-order valence-corrected chi connectivity index (χ0v) is 10.0. The highest BCUT2D eigenvalue weighted by atomic mass is 19.1. The molecule has 0 saturated carbocycles. The van der Waals surface area contributed by atoms with Gasteiger partial charge in [-0.05, 0) is 30.2 Å². The predicted octanol–water partition coefficient (Wildman–Crippen LogP) is 1.35. The summed E-state index contributed by atoms with van der Waals surface area (Å²) in [5.41, 5.74) is 1.91. The molecule has 1 aromatic carbocycles. The molecule has 2 rings (SSSR count). The number of carbonyl (C=O) groups excluding carboxylic acids is 1. The van der Waals surface area contributed by atoms with Crippen molar-refractivity contribution >= 4 is 6.29 Å². The number of aldehydes is 1. The second kappa shape index (κ2) is 5.38. The fourth-order valence-electron chi connectivity index (χ4n) is 2.10. The van der Waals surface area contributed by atoms with Crippen LogP contribution in [0.4, 0.5) is 4.39 Å². The van der Waals surface area contributed by atoms with E-state index in [-0.39, 0.29) is 5.82 Å². The van der Waals surface area contributed by atoms with Crippen LogP contribution in [0.15, 0.2) is 12.1 Å². The number of benzene rings is 1. The molecule has 0 aromatic heterocycles. The van der Waals surface area contributed by atoms with Gasteiger partial charge in [0.2, 0.25) is 0 Å². The average Bonchev–Trinajstić information content (AvgIpc) is 2.35. The van der Waals surface area contributed by atoms with Crippen LogP contribution in [-0.4, -0.2) is 37.4 Å². The lowest BCUT2D eigenvalue weighted by atomic mass is 10.0. The topological polar surface area (TPSA) is 32.3 Å². The van der Waals surface area contributed by atoms with E-state index in [4.69, 9.17) is 0 Å². The van der Waals surface area contributed by atoms with Crippen LogP contribution in [0.5, 0.6) is 0 Å². The van der Waals surface area contributed by atoms with Crippen LogP contribution >= 0.6 is 0 Å². The number of nitrogens with one attached hydrogen (secondary N) is 1. The molecule has 92 valence electrons. The number of rotatable bonds is 3. The van der Waals surface area contributed by atoms with E-state index in [0.717, 1.165) is 38.0 Å². The summed E-state index contributed by atoms with van der Waals surface area (Å²) in [6.07, 6.45) is 0.809. The normalized spacial score (nSPS) is 17.1. The maximum atomic E-state index is 13.5. The van der Waals surface area contributed by atoms with E-state index in [2.05, 4.69) is 10.2 Å². The molecule has 0 amide bonds. The van der Waals surface area contributed by atoms with Crippen LogP contribution < -0.4 is 5.32 Å². The van der Waals surface area contributed by atoms with E-state index < -0.39 is 0 Å². The Bertz CT molecular complexity index is 414. The highest BCUT2D eigenvalue weighted by Crippen LogP contribution is 2.16. The fraction of sp³-hybridized carbons (Fsp3) is 0.462. The molecule has 0 bridgehead atoms. The molecule has 0 atom stereocenters. The van der Waals surface area contributed by atoms with Crippen molar-refractivity contribution in [1.82, 2.24) is 10.2 Å². The van der Waals surface area contributed by atoms with Gasteiger partial charge in [-0.15, -0.1) is 0 Å². The van der Waals surface area contributed by atoms with Crippen LogP contribution in [0.1, 0.15) is 21.5 Å². The van der Waals surface area contributed by atoms with E-state index in [0.29, 0.717) is 17.7 Å². The maximum Gasteiger partial charge on any atom is 0.150 e. The highest BCUT2D eigenvalue weighted by molar-refractivity contribution is 5.77. The van der Waals surface area contributed by atoms with Crippen molar-refractivity contribution in [2.45, 2.75) is 13.5 Å². The van der Waals surface area contributed by atoms with Gasteiger partial charge in [0.25, 0.3) is 0 Å². The first-order valence-electron chi connectivity index (χ1n) is 5.88. The molecule has 1 N–H and O–H groups in total. The van der Waals surface area contributed by atoms with E-state index >= 15 is 0 Å². The Morgan fingerprint density at radius 1 is 1.41 bits per heavy atom. The zero-order chi connectivity index (χ0) is 12.3. The summed E-state index contributed by atoms with van der Waals surface area (Å²) in [7, 11) is 0. The fourth-order valence-corrected chi connectivity index (χ4v) is 2.10. The molecule has 1 fully saturated rings. The monoisotopic (exact) mass is 236 g/mol. The first-order valence-corrected chi connectivity index (χ1v) is 5.88. The van der Waals surface area contributed by atoms with Gasteiger partial charge < -0.3 is 5.32 Å². The highest BCUT2D eigenvalue weighted by Gasteiger charge is 2.13. The van der Waals surface area contributed by atoms with E-state index in [1.54, 1.807) is 13.0 Å². The standard InChI is InChI=1S/C13H17FN2O/c1-10-6-12(9-17)11(7-13(10)14)8-16-4-2-15-3-5-16/h6-7,9,15H,2-5,8H2,1H3. The van der Waals surface area contributed by atoms with Gasteiger partial charge in [0.1, 0.15) is 12.1 Å². The van der Waals surface area contributed by atoms with Gasteiger partial charge in [0.05, 0.1) is 0 Å². The Kier molecular flexibility index (Phi) is 3.86. The molecule has 0 radical (unpaired) electrons. The Balaban J connectivity index is 2.18. The molecule has 1 aliphatic heterocycles. The number of aryl methyl sites for hydroxylation is 1. The number of nitrogens with zero attached hydrogens (tertiary/aromatic N) is 1. The Morgan fingerprint density at radius 3 is 2.76 bits per heavy atom. The molecule has 4 heteroatoms. The minimum Gasteiger partial charge on any atom is -0.314 e. The number of halogens is 1. The van der Waals surface area contributed by atoms with E-state index in [1.165, 1.54) is 6.07 Å². The Hall–Kier alpha value is -1.26. The van der Waals surface area contributed by atoms with Crippen LogP contribution in [-0.2, 0) is 6.54 Å². The quantitative estimate of drug-likeness (QED) is 0.804. The molecule has 1 saturated heterocycles. The summed E-state index contributed by atoms with van der Waals surface area (Å²) in [6.45, 7) is 6.10. The lowest BCUT2D eigenvalue weighted by Gasteiger charge is -2.27. The van der Waals surface area contributed by atoms with Gasteiger partial charge in [-0.3, -0.25) is 9.69 Å². The van der Waals surface area contributed by atoms with Crippen LogP contribution in [0, 0.1) is 12.7 Å². The van der Waals surface area contributed by atoms with Crippen molar-refractivity contribution in [1.29, 1.82) is 0 Å². The van der Waals surface area contributed by atoms with Gasteiger partial charge in [0.15, 0.2) is 0 Å². The third kappa shape index (κ3) is 2.90. The Labute approximate surface area is 101 Å². The molecule has 1 heterocycles. The zero-order valence-electron chi connectivity index (χ0n) is 10.0. The predicted molar refractivity (Wildman–Crippen MR) is 64.7 cm³/mol. The van der Waals surface area contributed by atoms with Crippen molar-refractivity contribution in [3.8, 4) is 0 Å². The summed E-state index contributed by atoms with van der Waals surface area (Å²) in [4.78, 5) is 13.2. The summed E-state index contributed by atoms with van der Waals surface area (Å²) in [6, 6.07) is 3.11. The molecule has 17 heavy (non-hydrogen) atoms. The first-order chi connectivity index (χ1) is 8.20.